The van der Waals surface area contributed by atoms with Crippen molar-refractivity contribution in [2.45, 2.75) is 45.7 Å². The fourth-order valence-corrected chi connectivity index (χ4v) is 2.11. The predicted molar refractivity (Wildman–Crippen MR) is 72.2 cm³/mol. The normalized spacial score (nSPS) is 25.4. The maximum atomic E-state index is 12.4. The lowest BCUT2D eigenvalue weighted by molar-refractivity contribution is -0.155. The summed E-state index contributed by atoms with van der Waals surface area (Å²) in [6, 6.07) is -0.431. The highest BCUT2D eigenvalue weighted by Gasteiger charge is 2.46. The van der Waals surface area contributed by atoms with Crippen LogP contribution in [0.25, 0.3) is 0 Å². The van der Waals surface area contributed by atoms with Gasteiger partial charge in [0.1, 0.15) is 11.6 Å². The van der Waals surface area contributed by atoms with Crippen molar-refractivity contribution in [1.29, 1.82) is 0 Å². The number of carbonyl (C=O) groups is 2. The van der Waals surface area contributed by atoms with Crippen molar-refractivity contribution >= 4 is 23.4 Å². The molecule has 0 aromatic carbocycles. The third-order valence-electron chi connectivity index (χ3n) is 3.64. The Morgan fingerprint density at radius 2 is 2.11 bits per heavy atom. The summed E-state index contributed by atoms with van der Waals surface area (Å²) < 4.78 is 0. The largest absolute Gasteiger partial charge is 0.342 e. The Kier molecular flexibility index (Phi) is 4.79. The van der Waals surface area contributed by atoms with Crippen molar-refractivity contribution in [2.75, 3.05) is 6.54 Å². The quantitative estimate of drug-likeness (QED) is 0.850. The lowest BCUT2D eigenvalue weighted by Crippen LogP contribution is -2.69. The molecule has 1 heterocycles. The summed E-state index contributed by atoms with van der Waals surface area (Å²) in [7, 11) is 0. The van der Waals surface area contributed by atoms with E-state index in [0.29, 0.717) is 6.54 Å². The monoisotopic (exact) mass is 272 g/mol. The number of halogens is 1. The number of nitrogens with one attached hydrogen (secondary N) is 1. The molecule has 0 aromatic heterocycles. The van der Waals surface area contributed by atoms with Gasteiger partial charge in [-0.15, -0.1) is 0 Å². The van der Waals surface area contributed by atoms with Crippen molar-refractivity contribution in [1.82, 2.24) is 10.2 Å². The van der Waals surface area contributed by atoms with E-state index in [1.807, 2.05) is 13.8 Å². The first kappa shape index (κ1) is 15.0. The van der Waals surface area contributed by atoms with E-state index < -0.39 is 11.6 Å². The van der Waals surface area contributed by atoms with Gasteiger partial charge in [-0.2, -0.15) is 0 Å². The molecular weight excluding hydrogens is 252 g/mol. The SMILES string of the molecule is CCC(C)C1NC(=O)C(C)(C)N(C/C=C/Cl)C1=O. The number of hydrogen-bond donors (Lipinski definition) is 1. The summed E-state index contributed by atoms with van der Waals surface area (Å²) in [4.78, 5) is 26.1. The molecule has 0 aliphatic carbocycles. The molecule has 0 aromatic rings. The fourth-order valence-electron chi connectivity index (χ4n) is 2.03. The molecular formula is C13H21ClN2O2. The molecule has 2 unspecified atom stereocenters. The summed E-state index contributed by atoms with van der Waals surface area (Å²) >= 11 is 5.51. The molecule has 1 rings (SSSR count). The van der Waals surface area contributed by atoms with Crippen LogP contribution >= 0.6 is 11.6 Å². The van der Waals surface area contributed by atoms with Crippen LogP contribution in [-0.4, -0.2) is 34.8 Å². The fraction of sp³-hybridized carbons (Fsp3) is 0.692. The smallest absolute Gasteiger partial charge is 0.246 e. The number of hydrogen-bond acceptors (Lipinski definition) is 2. The molecule has 1 saturated heterocycles. The molecule has 4 nitrogen and oxygen atoms in total. The zero-order chi connectivity index (χ0) is 13.9. The van der Waals surface area contributed by atoms with Gasteiger partial charge in [0.25, 0.3) is 0 Å². The molecule has 1 aliphatic heterocycles. The highest BCUT2D eigenvalue weighted by Crippen LogP contribution is 2.24. The second-order valence-electron chi connectivity index (χ2n) is 5.21. The van der Waals surface area contributed by atoms with E-state index >= 15 is 0 Å². The molecule has 0 saturated carbocycles. The zero-order valence-electron chi connectivity index (χ0n) is 11.4. The summed E-state index contributed by atoms with van der Waals surface area (Å²) in [5.74, 6) is -0.0286. The molecule has 1 fully saturated rings. The number of piperazine rings is 1. The maximum Gasteiger partial charge on any atom is 0.246 e. The molecule has 0 bridgehead atoms. The van der Waals surface area contributed by atoms with Crippen LogP contribution in [0.5, 0.6) is 0 Å². The van der Waals surface area contributed by atoms with Crippen LogP contribution in [0.1, 0.15) is 34.1 Å². The summed E-state index contributed by atoms with van der Waals surface area (Å²) in [6.45, 7) is 7.82. The van der Waals surface area contributed by atoms with Gasteiger partial charge in [0.05, 0.1) is 0 Å². The van der Waals surface area contributed by atoms with Gasteiger partial charge < -0.3 is 10.2 Å². The van der Waals surface area contributed by atoms with Gasteiger partial charge in [-0.25, -0.2) is 0 Å². The standard InChI is InChI=1S/C13H21ClN2O2/c1-5-9(2)10-11(17)16(8-6-7-14)13(3,4)12(18)15-10/h6-7,9-10H,5,8H2,1-4H3,(H,15,18)/b7-6+. The minimum atomic E-state index is -0.836. The Morgan fingerprint density at radius 3 is 2.61 bits per heavy atom. The van der Waals surface area contributed by atoms with E-state index in [4.69, 9.17) is 11.6 Å². The van der Waals surface area contributed by atoms with Crippen molar-refractivity contribution in [3.05, 3.63) is 11.6 Å². The van der Waals surface area contributed by atoms with Crippen LogP contribution in [0.2, 0.25) is 0 Å². The zero-order valence-corrected chi connectivity index (χ0v) is 12.1. The highest BCUT2D eigenvalue weighted by atomic mass is 35.5. The van der Waals surface area contributed by atoms with Crippen LogP contribution < -0.4 is 5.32 Å². The minimum Gasteiger partial charge on any atom is -0.342 e. The second-order valence-corrected chi connectivity index (χ2v) is 5.46. The van der Waals surface area contributed by atoms with E-state index in [1.165, 1.54) is 5.54 Å². The summed E-state index contributed by atoms with van der Waals surface area (Å²) in [6.07, 6.45) is 2.52. The molecule has 2 atom stereocenters. The summed E-state index contributed by atoms with van der Waals surface area (Å²) in [5.41, 5.74) is 0.533. The Hall–Kier alpha value is -1.03. The molecule has 2 amide bonds. The first-order valence-corrected chi connectivity index (χ1v) is 6.67. The van der Waals surface area contributed by atoms with Gasteiger partial charge in [0.15, 0.2) is 0 Å². The Bertz CT molecular complexity index is 366. The van der Waals surface area contributed by atoms with Crippen LogP contribution in [-0.2, 0) is 9.59 Å². The summed E-state index contributed by atoms with van der Waals surface area (Å²) in [5, 5.41) is 2.83. The van der Waals surface area contributed by atoms with Crippen LogP contribution in [0.4, 0.5) is 0 Å². The Balaban J connectivity index is 3.01. The molecule has 0 radical (unpaired) electrons. The molecule has 0 spiro atoms. The highest BCUT2D eigenvalue weighted by molar-refractivity contribution is 6.25. The van der Waals surface area contributed by atoms with Gasteiger partial charge in [0, 0.05) is 12.1 Å². The van der Waals surface area contributed by atoms with Crippen LogP contribution in [0.3, 0.4) is 0 Å². The third kappa shape index (κ3) is 2.69. The Labute approximate surface area is 113 Å². The minimum absolute atomic E-state index is 0.0382. The first-order chi connectivity index (χ1) is 8.36. The number of carbonyl (C=O) groups excluding carboxylic acids is 2. The molecule has 5 heteroatoms. The van der Waals surface area contributed by atoms with Crippen molar-refractivity contribution in [3.63, 3.8) is 0 Å². The van der Waals surface area contributed by atoms with E-state index in [1.54, 1.807) is 24.8 Å². The van der Waals surface area contributed by atoms with Crippen LogP contribution in [0, 0.1) is 5.92 Å². The molecule has 1 aliphatic rings. The molecule has 18 heavy (non-hydrogen) atoms. The van der Waals surface area contributed by atoms with Crippen molar-refractivity contribution in [3.8, 4) is 0 Å². The number of amides is 2. The average molecular weight is 273 g/mol. The van der Waals surface area contributed by atoms with E-state index in [0.717, 1.165) is 6.42 Å². The average Bonchev–Trinajstić information content (AvgIpc) is 2.33. The van der Waals surface area contributed by atoms with Gasteiger partial charge in [-0.05, 0) is 19.8 Å². The first-order valence-electron chi connectivity index (χ1n) is 6.23. The van der Waals surface area contributed by atoms with Gasteiger partial charge in [0.2, 0.25) is 11.8 Å². The van der Waals surface area contributed by atoms with E-state index in [2.05, 4.69) is 5.32 Å². The third-order valence-corrected chi connectivity index (χ3v) is 3.82. The molecule has 1 N–H and O–H groups in total. The number of rotatable bonds is 4. The lowest BCUT2D eigenvalue weighted by Gasteiger charge is -2.45. The van der Waals surface area contributed by atoms with Gasteiger partial charge in [-0.1, -0.05) is 37.9 Å². The topological polar surface area (TPSA) is 49.4 Å². The van der Waals surface area contributed by atoms with Crippen LogP contribution in [0.15, 0.2) is 11.6 Å². The van der Waals surface area contributed by atoms with Crippen molar-refractivity contribution in [2.24, 2.45) is 5.92 Å². The van der Waals surface area contributed by atoms with E-state index in [9.17, 15) is 9.59 Å². The number of nitrogens with zero attached hydrogens (tertiary/aromatic N) is 1. The molecule has 102 valence electrons. The van der Waals surface area contributed by atoms with Crippen molar-refractivity contribution < 1.29 is 9.59 Å². The second kappa shape index (κ2) is 5.74. The lowest BCUT2D eigenvalue weighted by atomic mass is 9.89. The van der Waals surface area contributed by atoms with Gasteiger partial charge in [-0.3, -0.25) is 9.59 Å². The van der Waals surface area contributed by atoms with E-state index in [-0.39, 0.29) is 17.7 Å². The maximum absolute atomic E-state index is 12.4. The van der Waals surface area contributed by atoms with Gasteiger partial charge >= 0.3 is 0 Å². The predicted octanol–water partition coefficient (Wildman–Crippen LogP) is 1.89. The Morgan fingerprint density at radius 1 is 1.50 bits per heavy atom.